The highest BCUT2D eigenvalue weighted by Crippen LogP contribution is 2.17. The van der Waals surface area contributed by atoms with E-state index in [0.29, 0.717) is 6.54 Å². The number of aryl methyl sites for hydroxylation is 1. The summed E-state index contributed by atoms with van der Waals surface area (Å²) in [4.78, 5) is 0. The molecule has 0 aromatic heterocycles. The van der Waals surface area contributed by atoms with Gasteiger partial charge in [0.15, 0.2) is 0 Å². The second-order valence-corrected chi connectivity index (χ2v) is 3.90. The van der Waals surface area contributed by atoms with Crippen LogP contribution in [0.5, 0.6) is 0 Å². The fraction of sp³-hybridized carbons (Fsp3) is 0.400. The van der Waals surface area contributed by atoms with E-state index in [0.717, 1.165) is 29.3 Å². The van der Waals surface area contributed by atoms with Gasteiger partial charge in [-0.2, -0.15) is 0 Å². The zero-order chi connectivity index (χ0) is 9.68. The van der Waals surface area contributed by atoms with Crippen LogP contribution in [-0.4, -0.2) is 6.54 Å². The Kier molecular flexibility index (Phi) is 4.39. The molecule has 3 heteroatoms. The molecule has 13 heavy (non-hydrogen) atoms. The van der Waals surface area contributed by atoms with Crippen molar-refractivity contribution in [3.8, 4) is 0 Å². The monoisotopic (exact) mass is 245 g/mol. The van der Waals surface area contributed by atoms with Gasteiger partial charge in [0.25, 0.3) is 0 Å². The molecule has 0 spiro atoms. The van der Waals surface area contributed by atoms with Crippen molar-refractivity contribution in [1.29, 1.82) is 0 Å². The lowest BCUT2D eigenvalue weighted by molar-refractivity contribution is 0.600. The molecule has 2 N–H and O–H groups in total. The number of rotatable bonds is 4. The lowest BCUT2D eigenvalue weighted by atomic mass is 10.1. The molecule has 0 amide bonds. The Morgan fingerprint density at radius 3 is 2.77 bits per heavy atom. The molecule has 1 nitrogen and oxygen atoms in total. The molecule has 0 heterocycles. The van der Waals surface area contributed by atoms with E-state index in [4.69, 9.17) is 5.73 Å². The minimum atomic E-state index is -0.125. The van der Waals surface area contributed by atoms with Crippen LogP contribution in [-0.2, 0) is 6.42 Å². The summed E-state index contributed by atoms with van der Waals surface area (Å²) >= 11 is 3.31. The van der Waals surface area contributed by atoms with Crippen LogP contribution in [0.25, 0.3) is 0 Å². The number of hydrogen-bond acceptors (Lipinski definition) is 1. The molecule has 1 rings (SSSR count). The normalized spacial score (nSPS) is 10.4. The molecule has 0 aliphatic heterocycles. The van der Waals surface area contributed by atoms with Crippen LogP contribution in [0.3, 0.4) is 0 Å². The molecule has 0 atom stereocenters. The minimum absolute atomic E-state index is 0.125. The maximum Gasteiger partial charge on any atom is 0.126 e. The number of nitrogens with two attached hydrogens (primary N) is 1. The molecular weight excluding hydrogens is 233 g/mol. The predicted octanol–water partition coefficient (Wildman–Crippen LogP) is 2.87. The van der Waals surface area contributed by atoms with Crippen molar-refractivity contribution in [3.05, 3.63) is 34.1 Å². The van der Waals surface area contributed by atoms with Crippen LogP contribution in [0.2, 0.25) is 0 Å². The highest BCUT2D eigenvalue weighted by atomic mass is 79.9. The fourth-order valence-electron chi connectivity index (χ4n) is 1.19. The van der Waals surface area contributed by atoms with Gasteiger partial charge in [-0.15, -0.1) is 0 Å². The van der Waals surface area contributed by atoms with Crippen LogP contribution >= 0.6 is 15.9 Å². The molecule has 72 valence electrons. The zero-order valence-corrected chi connectivity index (χ0v) is 8.98. The van der Waals surface area contributed by atoms with E-state index in [1.54, 1.807) is 6.07 Å². The summed E-state index contributed by atoms with van der Waals surface area (Å²) in [5, 5.41) is 0. The summed E-state index contributed by atoms with van der Waals surface area (Å²) in [5.74, 6) is -0.125. The molecular formula is C10H13BrFN. The van der Waals surface area contributed by atoms with Gasteiger partial charge in [-0.25, -0.2) is 4.39 Å². The summed E-state index contributed by atoms with van der Waals surface area (Å²) in [6.45, 7) is 0.676. The third-order valence-corrected chi connectivity index (χ3v) is 2.40. The number of halogens is 2. The Morgan fingerprint density at radius 1 is 1.31 bits per heavy atom. The van der Waals surface area contributed by atoms with Crippen LogP contribution < -0.4 is 5.73 Å². The first-order valence-electron chi connectivity index (χ1n) is 4.38. The Labute approximate surface area is 86.3 Å². The SMILES string of the molecule is NCCCCc1cc(Br)ccc1F. The topological polar surface area (TPSA) is 26.0 Å². The molecule has 0 aliphatic carbocycles. The van der Waals surface area contributed by atoms with Crippen molar-refractivity contribution in [2.45, 2.75) is 19.3 Å². The van der Waals surface area contributed by atoms with E-state index in [-0.39, 0.29) is 5.82 Å². The summed E-state index contributed by atoms with van der Waals surface area (Å²) in [6, 6.07) is 5.02. The Hall–Kier alpha value is -0.410. The lowest BCUT2D eigenvalue weighted by Crippen LogP contribution is -1.99. The molecule has 0 radical (unpaired) electrons. The van der Waals surface area contributed by atoms with Gasteiger partial charge in [-0.3, -0.25) is 0 Å². The number of hydrogen-bond donors (Lipinski definition) is 1. The largest absolute Gasteiger partial charge is 0.330 e. The van der Waals surface area contributed by atoms with Crippen molar-refractivity contribution in [1.82, 2.24) is 0 Å². The second-order valence-electron chi connectivity index (χ2n) is 2.98. The number of unbranched alkanes of at least 4 members (excludes halogenated alkanes) is 1. The Balaban J connectivity index is 2.59. The van der Waals surface area contributed by atoms with Crippen molar-refractivity contribution < 1.29 is 4.39 Å². The van der Waals surface area contributed by atoms with Crippen LogP contribution in [0.4, 0.5) is 4.39 Å². The van der Waals surface area contributed by atoms with E-state index in [1.165, 1.54) is 6.07 Å². The lowest BCUT2D eigenvalue weighted by Gasteiger charge is -2.02. The highest BCUT2D eigenvalue weighted by Gasteiger charge is 2.01. The van der Waals surface area contributed by atoms with Gasteiger partial charge in [0, 0.05) is 4.47 Å². The molecule has 1 aromatic rings. The van der Waals surface area contributed by atoms with Crippen molar-refractivity contribution in [2.75, 3.05) is 6.54 Å². The molecule has 0 aliphatic rings. The maximum absolute atomic E-state index is 13.1. The third kappa shape index (κ3) is 3.44. The third-order valence-electron chi connectivity index (χ3n) is 1.91. The zero-order valence-electron chi connectivity index (χ0n) is 7.39. The van der Waals surface area contributed by atoms with E-state index in [1.807, 2.05) is 6.07 Å². The molecule has 0 bridgehead atoms. The molecule has 0 unspecified atom stereocenters. The first-order valence-corrected chi connectivity index (χ1v) is 5.17. The minimum Gasteiger partial charge on any atom is -0.330 e. The first kappa shape index (κ1) is 10.7. The molecule has 0 saturated heterocycles. The van der Waals surface area contributed by atoms with Gasteiger partial charge in [0.1, 0.15) is 5.82 Å². The van der Waals surface area contributed by atoms with Crippen molar-refractivity contribution in [2.24, 2.45) is 5.73 Å². The van der Waals surface area contributed by atoms with Crippen molar-refractivity contribution in [3.63, 3.8) is 0 Å². The van der Waals surface area contributed by atoms with Gasteiger partial charge in [-0.1, -0.05) is 15.9 Å². The molecule has 0 fully saturated rings. The smallest absolute Gasteiger partial charge is 0.126 e. The van der Waals surface area contributed by atoms with Crippen LogP contribution in [0.1, 0.15) is 18.4 Å². The van der Waals surface area contributed by atoms with Gasteiger partial charge in [0.05, 0.1) is 0 Å². The predicted molar refractivity (Wildman–Crippen MR) is 56.1 cm³/mol. The first-order chi connectivity index (χ1) is 6.24. The summed E-state index contributed by atoms with van der Waals surface area (Å²) in [7, 11) is 0. The van der Waals surface area contributed by atoms with Gasteiger partial charge in [0.2, 0.25) is 0 Å². The summed E-state index contributed by atoms with van der Waals surface area (Å²) in [5.41, 5.74) is 6.12. The van der Waals surface area contributed by atoms with Crippen molar-refractivity contribution >= 4 is 15.9 Å². The highest BCUT2D eigenvalue weighted by molar-refractivity contribution is 9.10. The maximum atomic E-state index is 13.1. The van der Waals surface area contributed by atoms with E-state index in [2.05, 4.69) is 15.9 Å². The average molecular weight is 246 g/mol. The van der Waals surface area contributed by atoms with Gasteiger partial charge < -0.3 is 5.73 Å². The van der Waals surface area contributed by atoms with E-state index < -0.39 is 0 Å². The molecule has 1 aromatic carbocycles. The standard InChI is InChI=1S/C10H13BrFN/c11-9-4-5-10(12)8(7-9)3-1-2-6-13/h4-5,7H,1-3,6,13H2. The van der Waals surface area contributed by atoms with Crippen LogP contribution in [0.15, 0.2) is 22.7 Å². The quantitative estimate of drug-likeness (QED) is 0.812. The van der Waals surface area contributed by atoms with Gasteiger partial charge >= 0.3 is 0 Å². The Bertz CT molecular complexity index is 276. The fourth-order valence-corrected chi connectivity index (χ4v) is 1.60. The Morgan fingerprint density at radius 2 is 2.08 bits per heavy atom. The van der Waals surface area contributed by atoms with Crippen LogP contribution in [0, 0.1) is 5.82 Å². The average Bonchev–Trinajstić information content (AvgIpc) is 2.11. The summed E-state index contributed by atoms with van der Waals surface area (Å²) in [6.07, 6.45) is 2.66. The van der Waals surface area contributed by atoms with E-state index in [9.17, 15) is 4.39 Å². The number of benzene rings is 1. The second kappa shape index (κ2) is 5.35. The summed E-state index contributed by atoms with van der Waals surface area (Å²) < 4.78 is 14.1. The molecule has 0 saturated carbocycles. The van der Waals surface area contributed by atoms with E-state index >= 15 is 0 Å². The van der Waals surface area contributed by atoms with Gasteiger partial charge in [-0.05, 0) is 49.6 Å².